The molecule has 6 heteroatoms. The molecule has 0 unspecified atom stereocenters. The Morgan fingerprint density at radius 3 is 2.86 bits per heavy atom. The highest BCUT2D eigenvalue weighted by molar-refractivity contribution is 5.77. The zero-order valence-electron chi connectivity index (χ0n) is 12.6. The van der Waals surface area contributed by atoms with Gasteiger partial charge in [0.15, 0.2) is 0 Å². The number of nitrogens with one attached hydrogen (secondary N) is 2. The van der Waals surface area contributed by atoms with Gasteiger partial charge in [-0.2, -0.15) is 0 Å². The molecule has 0 atom stereocenters. The van der Waals surface area contributed by atoms with Gasteiger partial charge in [-0.25, -0.2) is 4.98 Å². The predicted octanol–water partition coefficient (Wildman–Crippen LogP) is 2.42. The van der Waals surface area contributed by atoms with E-state index in [1.54, 1.807) is 0 Å². The Morgan fingerprint density at radius 2 is 2.14 bits per heavy atom. The highest BCUT2D eigenvalue weighted by atomic mass is 16.5. The number of hydrogen-bond acceptors (Lipinski definition) is 4. The quantitative estimate of drug-likeness (QED) is 0.757. The zero-order valence-corrected chi connectivity index (χ0v) is 12.6. The molecule has 0 saturated carbocycles. The number of aryl methyl sites for hydroxylation is 2. The van der Waals surface area contributed by atoms with E-state index in [0.717, 1.165) is 33.9 Å². The Labute approximate surface area is 127 Å². The lowest BCUT2D eigenvalue weighted by atomic mass is 10.1. The molecule has 0 bridgehead atoms. The van der Waals surface area contributed by atoms with Crippen LogP contribution in [0.1, 0.15) is 29.3 Å². The minimum atomic E-state index is -0.0135. The topological polar surface area (TPSA) is 83.8 Å². The normalized spacial score (nSPS) is 11.0. The molecule has 0 spiro atoms. The van der Waals surface area contributed by atoms with E-state index < -0.39 is 0 Å². The van der Waals surface area contributed by atoms with E-state index in [9.17, 15) is 4.79 Å². The molecule has 2 N–H and O–H groups in total. The molecule has 114 valence electrons. The highest BCUT2D eigenvalue weighted by Gasteiger charge is 2.11. The Kier molecular flexibility index (Phi) is 3.91. The average molecular weight is 298 g/mol. The van der Waals surface area contributed by atoms with Gasteiger partial charge in [0.25, 0.3) is 0 Å². The van der Waals surface area contributed by atoms with Crippen LogP contribution in [-0.2, 0) is 17.8 Å². The summed E-state index contributed by atoms with van der Waals surface area (Å²) >= 11 is 0. The van der Waals surface area contributed by atoms with Gasteiger partial charge in [0.2, 0.25) is 5.91 Å². The molecule has 0 radical (unpaired) electrons. The van der Waals surface area contributed by atoms with E-state index >= 15 is 0 Å². The smallest absolute Gasteiger partial charge is 0.220 e. The third kappa shape index (κ3) is 3.00. The Balaban J connectivity index is 1.54. The summed E-state index contributed by atoms with van der Waals surface area (Å²) in [4.78, 5) is 19.6. The Bertz CT molecular complexity index is 751. The lowest BCUT2D eigenvalue weighted by Gasteiger charge is -2.03. The van der Waals surface area contributed by atoms with Gasteiger partial charge in [0, 0.05) is 12.0 Å². The first-order valence-corrected chi connectivity index (χ1v) is 7.25. The maximum atomic E-state index is 11.9. The number of fused-ring (bicyclic) bond motifs is 1. The number of aromatic nitrogens is 3. The van der Waals surface area contributed by atoms with Crippen molar-refractivity contribution < 1.29 is 9.32 Å². The number of aromatic amines is 1. The van der Waals surface area contributed by atoms with Crippen LogP contribution in [0, 0.1) is 13.8 Å². The molecule has 3 aromatic rings. The molecule has 6 nitrogen and oxygen atoms in total. The molecule has 22 heavy (non-hydrogen) atoms. The van der Waals surface area contributed by atoms with Crippen molar-refractivity contribution in [1.29, 1.82) is 0 Å². The molecule has 1 amide bonds. The van der Waals surface area contributed by atoms with Crippen molar-refractivity contribution in [3.8, 4) is 0 Å². The van der Waals surface area contributed by atoms with Crippen molar-refractivity contribution in [2.24, 2.45) is 0 Å². The van der Waals surface area contributed by atoms with Crippen LogP contribution in [0.15, 0.2) is 28.8 Å². The van der Waals surface area contributed by atoms with Crippen molar-refractivity contribution in [3.63, 3.8) is 0 Å². The number of nitrogens with zero attached hydrogens (tertiary/aromatic N) is 2. The fraction of sp³-hybridized carbons (Fsp3) is 0.312. The second kappa shape index (κ2) is 6.01. The summed E-state index contributed by atoms with van der Waals surface area (Å²) in [6.45, 7) is 4.15. The third-order valence-corrected chi connectivity index (χ3v) is 3.67. The lowest BCUT2D eigenvalue weighted by Crippen LogP contribution is -2.23. The van der Waals surface area contributed by atoms with E-state index in [1.807, 2.05) is 38.1 Å². The number of amides is 1. The van der Waals surface area contributed by atoms with Crippen LogP contribution in [0.4, 0.5) is 0 Å². The van der Waals surface area contributed by atoms with Crippen molar-refractivity contribution >= 4 is 16.9 Å². The molecule has 0 aliphatic heterocycles. The van der Waals surface area contributed by atoms with E-state index in [4.69, 9.17) is 4.52 Å². The molecule has 0 aliphatic carbocycles. The number of rotatable bonds is 5. The summed E-state index contributed by atoms with van der Waals surface area (Å²) in [6, 6.07) is 7.79. The van der Waals surface area contributed by atoms with Crippen LogP contribution >= 0.6 is 0 Å². The molecular weight excluding hydrogens is 280 g/mol. The van der Waals surface area contributed by atoms with Crippen LogP contribution in [0.2, 0.25) is 0 Å². The SMILES string of the molecule is Cc1noc(C)c1CCC(=O)NCc1nc2ccccc2[nH]1. The molecule has 3 rings (SSSR count). The molecule has 0 fully saturated rings. The van der Waals surface area contributed by atoms with Crippen LogP contribution < -0.4 is 5.32 Å². The van der Waals surface area contributed by atoms with Gasteiger partial charge < -0.3 is 14.8 Å². The minimum absolute atomic E-state index is 0.0135. The van der Waals surface area contributed by atoms with Crippen molar-refractivity contribution in [3.05, 3.63) is 47.1 Å². The average Bonchev–Trinajstić information content (AvgIpc) is 3.07. The summed E-state index contributed by atoms with van der Waals surface area (Å²) in [6.07, 6.45) is 1.04. The van der Waals surface area contributed by atoms with Crippen LogP contribution in [0.5, 0.6) is 0 Å². The van der Waals surface area contributed by atoms with Gasteiger partial charge in [0.1, 0.15) is 11.6 Å². The summed E-state index contributed by atoms with van der Waals surface area (Å²) in [5, 5.41) is 6.77. The second-order valence-electron chi connectivity index (χ2n) is 5.28. The summed E-state index contributed by atoms with van der Waals surface area (Å²) in [5.74, 6) is 1.52. The molecular formula is C16H18N4O2. The van der Waals surface area contributed by atoms with Gasteiger partial charge in [-0.1, -0.05) is 17.3 Å². The monoisotopic (exact) mass is 298 g/mol. The lowest BCUT2D eigenvalue weighted by molar-refractivity contribution is -0.121. The zero-order chi connectivity index (χ0) is 15.5. The fourth-order valence-corrected chi connectivity index (χ4v) is 2.46. The number of imidazole rings is 1. The highest BCUT2D eigenvalue weighted by Crippen LogP contribution is 2.14. The van der Waals surface area contributed by atoms with Gasteiger partial charge in [-0.05, 0) is 32.4 Å². The minimum Gasteiger partial charge on any atom is -0.361 e. The summed E-state index contributed by atoms with van der Waals surface area (Å²) in [7, 11) is 0. The third-order valence-electron chi connectivity index (χ3n) is 3.67. The van der Waals surface area contributed by atoms with Crippen molar-refractivity contribution in [2.75, 3.05) is 0 Å². The largest absolute Gasteiger partial charge is 0.361 e. The van der Waals surface area contributed by atoms with Crippen LogP contribution in [0.25, 0.3) is 11.0 Å². The Hall–Kier alpha value is -2.63. The molecule has 1 aromatic carbocycles. The first-order chi connectivity index (χ1) is 10.6. The number of para-hydroxylation sites is 2. The second-order valence-corrected chi connectivity index (χ2v) is 5.28. The maximum Gasteiger partial charge on any atom is 0.220 e. The van der Waals surface area contributed by atoms with E-state index in [1.165, 1.54) is 0 Å². The molecule has 2 heterocycles. The van der Waals surface area contributed by atoms with Crippen molar-refractivity contribution in [2.45, 2.75) is 33.2 Å². The number of H-pyrrole nitrogens is 1. The first-order valence-electron chi connectivity index (χ1n) is 7.25. The number of carbonyl (C=O) groups is 1. The predicted molar refractivity (Wildman–Crippen MR) is 82.2 cm³/mol. The van der Waals surface area contributed by atoms with Crippen LogP contribution in [-0.4, -0.2) is 21.0 Å². The van der Waals surface area contributed by atoms with Crippen LogP contribution in [0.3, 0.4) is 0 Å². The number of hydrogen-bond donors (Lipinski definition) is 2. The number of benzene rings is 1. The van der Waals surface area contributed by atoms with Gasteiger partial charge >= 0.3 is 0 Å². The number of carbonyl (C=O) groups excluding carboxylic acids is 1. The van der Waals surface area contributed by atoms with E-state index in [0.29, 0.717) is 19.4 Å². The van der Waals surface area contributed by atoms with E-state index in [2.05, 4.69) is 20.4 Å². The molecule has 2 aromatic heterocycles. The van der Waals surface area contributed by atoms with Gasteiger partial charge in [0.05, 0.1) is 23.3 Å². The van der Waals surface area contributed by atoms with Gasteiger partial charge in [-0.3, -0.25) is 4.79 Å². The summed E-state index contributed by atoms with van der Waals surface area (Å²) in [5.41, 5.74) is 3.74. The first kappa shape index (κ1) is 14.3. The summed E-state index contributed by atoms with van der Waals surface area (Å²) < 4.78 is 5.09. The molecule has 0 aliphatic rings. The fourth-order valence-electron chi connectivity index (χ4n) is 2.46. The maximum absolute atomic E-state index is 11.9. The van der Waals surface area contributed by atoms with E-state index in [-0.39, 0.29) is 5.91 Å². The Morgan fingerprint density at radius 1 is 1.32 bits per heavy atom. The van der Waals surface area contributed by atoms with Crippen molar-refractivity contribution in [1.82, 2.24) is 20.4 Å². The standard InChI is InChI=1S/C16H18N4O2/c1-10-12(11(2)22-20-10)7-8-16(21)17-9-15-18-13-5-3-4-6-14(13)19-15/h3-6H,7-9H2,1-2H3,(H,17,21)(H,18,19). The van der Waals surface area contributed by atoms with Gasteiger partial charge in [-0.15, -0.1) is 0 Å². The molecule has 0 saturated heterocycles.